The summed E-state index contributed by atoms with van der Waals surface area (Å²) in [5.74, 6) is -0.971. The molecule has 1 saturated heterocycles. The van der Waals surface area contributed by atoms with Crippen molar-refractivity contribution in [1.82, 2.24) is 16.0 Å². The molecule has 6 heteroatoms. The molecular weight excluding hydrogens is 321 g/mol. The van der Waals surface area contributed by atoms with Gasteiger partial charge in [-0.3, -0.25) is 9.59 Å². The minimum atomic E-state index is -1.91. The molecule has 3 N–H and O–H groups in total. The number of carbonyl (C=O) groups is 2. The highest BCUT2D eigenvalue weighted by Crippen LogP contribution is 2.53. The van der Waals surface area contributed by atoms with Crippen LogP contribution in [0.5, 0.6) is 0 Å². The van der Waals surface area contributed by atoms with Crippen molar-refractivity contribution in [2.75, 3.05) is 19.6 Å². The van der Waals surface area contributed by atoms with Crippen molar-refractivity contribution in [3.05, 3.63) is 35.9 Å². The lowest BCUT2D eigenvalue weighted by molar-refractivity contribution is -0.144. The number of amides is 2. The average Bonchev–Trinajstić information content (AvgIpc) is 2.97. The summed E-state index contributed by atoms with van der Waals surface area (Å²) in [5.41, 5.74) is -1.47. The zero-order valence-corrected chi connectivity index (χ0v) is 14.6. The third-order valence-electron chi connectivity index (χ3n) is 5.70. The molecule has 1 saturated carbocycles. The molecule has 1 spiro atoms. The van der Waals surface area contributed by atoms with Crippen LogP contribution in [0.15, 0.2) is 30.3 Å². The molecule has 1 heterocycles. The lowest BCUT2D eigenvalue weighted by Gasteiger charge is -2.45. The molecule has 25 heavy (non-hydrogen) atoms. The maximum Gasteiger partial charge on any atom is 0.260 e. The Morgan fingerprint density at radius 3 is 2.56 bits per heavy atom. The molecule has 2 amide bonds. The van der Waals surface area contributed by atoms with Gasteiger partial charge in [0.05, 0.1) is 12.6 Å². The normalized spacial score (nSPS) is 25.2. The molecule has 1 aliphatic carbocycles. The van der Waals surface area contributed by atoms with Crippen molar-refractivity contribution >= 4 is 11.8 Å². The lowest BCUT2D eigenvalue weighted by atomic mass is 9.61. The maximum atomic E-state index is 15.2. The maximum absolute atomic E-state index is 15.2. The monoisotopic (exact) mass is 347 g/mol. The second-order valence-corrected chi connectivity index (χ2v) is 7.16. The topological polar surface area (TPSA) is 70.2 Å². The Hall–Kier alpha value is -1.95. The molecular formula is C19H26FN3O2. The predicted octanol–water partition coefficient (Wildman–Crippen LogP) is 1.85. The quantitative estimate of drug-likeness (QED) is 0.736. The van der Waals surface area contributed by atoms with Gasteiger partial charge in [0.2, 0.25) is 11.6 Å². The van der Waals surface area contributed by atoms with Crippen LogP contribution in [0.25, 0.3) is 0 Å². The molecule has 2 unspecified atom stereocenters. The van der Waals surface area contributed by atoms with E-state index >= 15 is 4.39 Å². The van der Waals surface area contributed by atoms with Gasteiger partial charge in [-0.25, -0.2) is 4.39 Å². The first-order chi connectivity index (χ1) is 12.0. The molecule has 1 aliphatic heterocycles. The van der Waals surface area contributed by atoms with Crippen molar-refractivity contribution in [3.63, 3.8) is 0 Å². The minimum Gasteiger partial charge on any atom is -0.348 e. The van der Waals surface area contributed by atoms with Gasteiger partial charge in [0, 0.05) is 18.5 Å². The van der Waals surface area contributed by atoms with E-state index < -0.39 is 17.0 Å². The van der Waals surface area contributed by atoms with Gasteiger partial charge in [0.15, 0.2) is 0 Å². The van der Waals surface area contributed by atoms with Crippen molar-refractivity contribution in [2.24, 2.45) is 5.41 Å². The van der Waals surface area contributed by atoms with Crippen molar-refractivity contribution in [1.29, 1.82) is 0 Å². The Morgan fingerprint density at radius 1 is 1.24 bits per heavy atom. The van der Waals surface area contributed by atoms with Crippen LogP contribution in [-0.4, -0.2) is 37.1 Å². The van der Waals surface area contributed by atoms with E-state index in [4.69, 9.17) is 0 Å². The Morgan fingerprint density at radius 2 is 1.96 bits per heavy atom. The highest BCUT2D eigenvalue weighted by Gasteiger charge is 2.63. The van der Waals surface area contributed by atoms with E-state index in [1.165, 1.54) is 0 Å². The second-order valence-electron chi connectivity index (χ2n) is 7.16. The standard InChI is InChI=1S/C19H26FN3O2/c1-2-15(14-7-4-3-5-8-14)23-16(24)11-22-17(25)19(20)13-21-12-18(19)9-6-10-18/h3-5,7-8,15,21H,2,6,9-13H2,1H3,(H,22,25)(H,23,24). The van der Waals surface area contributed by atoms with Crippen molar-refractivity contribution in [2.45, 2.75) is 44.3 Å². The van der Waals surface area contributed by atoms with E-state index in [-0.39, 0.29) is 25.0 Å². The van der Waals surface area contributed by atoms with Crippen LogP contribution in [0.4, 0.5) is 4.39 Å². The summed E-state index contributed by atoms with van der Waals surface area (Å²) in [6, 6.07) is 9.55. The van der Waals surface area contributed by atoms with E-state index in [0.717, 1.165) is 31.2 Å². The van der Waals surface area contributed by atoms with Crippen molar-refractivity contribution in [3.8, 4) is 0 Å². The Labute approximate surface area is 147 Å². The average molecular weight is 347 g/mol. The molecule has 0 bridgehead atoms. The fraction of sp³-hybridized carbons (Fsp3) is 0.579. The lowest BCUT2D eigenvalue weighted by Crippen LogP contribution is -2.58. The van der Waals surface area contributed by atoms with Crippen LogP contribution >= 0.6 is 0 Å². The zero-order chi connectivity index (χ0) is 17.9. The number of nitrogens with one attached hydrogen (secondary N) is 3. The summed E-state index contributed by atoms with van der Waals surface area (Å²) >= 11 is 0. The van der Waals surface area contributed by atoms with E-state index in [1.807, 2.05) is 37.3 Å². The molecule has 2 fully saturated rings. The molecule has 3 rings (SSSR count). The summed E-state index contributed by atoms with van der Waals surface area (Å²) in [7, 11) is 0. The number of rotatable bonds is 6. The van der Waals surface area contributed by atoms with Crippen LogP contribution in [-0.2, 0) is 9.59 Å². The third-order valence-corrected chi connectivity index (χ3v) is 5.70. The Kier molecular flexibility index (Phi) is 5.08. The fourth-order valence-corrected chi connectivity index (χ4v) is 3.95. The number of hydrogen-bond donors (Lipinski definition) is 3. The molecule has 0 aromatic heterocycles. The summed E-state index contributed by atoms with van der Waals surface area (Å²) in [6.07, 6.45) is 3.14. The number of carbonyl (C=O) groups excluding carboxylic acids is 2. The number of alkyl halides is 1. The number of benzene rings is 1. The van der Waals surface area contributed by atoms with Crippen LogP contribution in [0.3, 0.4) is 0 Å². The summed E-state index contributed by atoms with van der Waals surface area (Å²) in [5, 5.41) is 8.40. The SMILES string of the molecule is CCC(NC(=O)CNC(=O)C1(F)CNCC12CCC2)c1ccccc1. The molecule has 0 radical (unpaired) electrons. The summed E-state index contributed by atoms with van der Waals surface area (Å²) in [4.78, 5) is 24.6. The van der Waals surface area contributed by atoms with Crippen molar-refractivity contribution < 1.29 is 14.0 Å². The second kappa shape index (κ2) is 7.12. The number of halogens is 1. The summed E-state index contributed by atoms with van der Waals surface area (Å²) in [6.45, 7) is 2.35. The first-order valence-corrected chi connectivity index (χ1v) is 9.03. The fourth-order valence-electron chi connectivity index (χ4n) is 3.95. The highest BCUT2D eigenvalue weighted by atomic mass is 19.1. The van der Waals surface area contributed by atoms with Gasteiger partial charge in [-0.05, 0) is 24.8 Å². The van der Waals surface area contributed by atoms with Gasteiger partial charge in [0.25, 0.3) is 5.91 Å². The molecule has 5 nitrogen and oxygen atoms in total. The Balaban J connectivity index is 1.54. The van der Waals surface area contributed by atoms with Gasteiger partial charge in [-0.2, -0.15) is 0 Å². The first kappa shape index (κ1) is 17.9. The first-order valence-electron chi connectivity index (χ1n) is 9.03. The number of hydrogen-bond acceptors (Lipinski definition) is 3. The molecule has 1 aromatic carbocycles. The van der Waals surface area contributed by atoms with Gasteiger partial charge < -0.3 is 16.0 Å². The van der Waals surface area contributed by atoms with E-state index in [0.29, 0.717) is 6.54 Å². The molecule has 1 aromatic rings. The zero-order valence-electron chi connectivity index (χ0n) is 14.6. The van der Waals surface area contributed by atoms with Gasteiger partial charge >= 0.3 is 0 Å². The minimum absolute atomic E-state index is 0.0298. The smallest absolute Gasteiger partial charge is 0.260 e. The van der Waals surface area contributed by atoms with E-state index in [2.05, 4.69) is 16.0 Å². The molecule has 2 aliphatic rings. The van der Waals surface area contributed by atoms with Gasteiger partial charge in [0.1, 0.15) is 0 Å². The molecule has 2 atom stereocenters. The third kappa shape index (κ3) is 3.27. The largest absolute Gasteiger partial charge is 0.348 e. The molecule has 136 valence electrons. The van der Waals surface area contributed by atoms with Crippen LogP contribution < -0.4 is 16.0 Å². The predicted molar refractivity (Wildman–Crippen MR) is 93.6 cm³/mol. The van der Waals surface area contributed by atoms with E-state index in [9.17, 15) is 9.59 Å². The van der Waals surface area contributed by atoms with Gasteiger partial charge in [-0.1, -0.05) is 43.7 Å². The van der Waals surface area contributed by atoms with Crippen LogP contribution in [0.2, 0.25) is 0 Å². The van der Waals surface area contributed by atoms with E-state index in [1.54, 1.807) is 0 Å². The highest BCUT2D eigenvalue weighted by molar-refractivity contribution is 5.91. The van der Waals surface area contributed by atoms with Crippen LogP contribution in [0.1, 0.15) is 44.2 Å². The summed E-state index contributed by atoms with van der Waals surface area (Å²) < 4.78 is 15.2. The Bertz CT molecular complexity index is 633. The van der Waals surface area contributed by atoms with Crippen LogP contribution in [0, 0.1) is 5.41 Å². The van der Waals surface area contributed by atoms with Gasteiger partial charge in [-0.15, -0.1) is 0 Å².